The zero-order valence-electron chi connectivity index (χ0n) is 25.6. The van der Waals surface area contributed by atoms with E-state index in [1.807, 2.05) is 37.3 Å². The van der Waals surface area contributed by atoms with E-state index in [0.29, 0.717) is 27.2 Å². The topological polar surface area (TPSA) is 86.8 Å². The molecule has 7 nitrogen and oxygen atoms in total. The lowest BCUT2D eigenvalue weighted by molar-refractivity contribution is -0.140. The molecule has 0 aromatic heterocycles. The third-order valence-electron chi connectivity index (χ3n) is 7.49. The van der Waals surface area contributed by atoms with Crippen LogP contribution in [0.15, 0.2) is 102 Å². The lowest BCUT2D eigenvalue weighted by Crippen LogP contribution is -2.53. The number of nitrogens with zero attached hydrogens (tertiary/aromatic N) is 2. The maximum Gasteiger partial charge on any atom is 0.264 e. The number of aryl methyl sites for hydroxylation is 1. The molecule has 4 rings (SSSR count). The molecule has 1 atom stereocenters. The summed E-state index contributed by atoms with van der Waals surface area (Å²) in [6, 6.07) is 26.1. The summed E-state index contributed by atoms with van der Waals surface area (Å²) >= 11 is 19.0. The van der Waals surface area contributed by atoms with Crippen LogP contribution in [-0.4, -0.2) is 44.3 Å². The molecule has 0 bridgehead atoms. The van der Waals surface area contributed by atoms with Gasteiger partial charge in [0.25, 0.3) is 10.0 Å². The molecule has 1 N–H and O–H groups in total. The average molecular weight is 701 g/mol. The fourth-order valence-corrected chi connectivity index (χ4v) is 6.80. The van der Waals surface area contributed by atoms with Crippen molar-refractivity contribution in [2.75, 3.05) is 17.4 Å². The van der Waals surface area contributed by atoms with Gasteiger partial charge in [0.15, 0.2) is 0 Å². The Morgan fingerprint density at radius 3 is 2.11 bits per heavy atom. The Hall–Kier alpha value is -3.56. The Morgan fingerprint density at radius 2 is 1.48 bits per heavy atom. The molecule has 0 aliphatic heterocycles. The van der Waals surface area contributed by atoms with Crippen molar-refractivity contribution in [2.45, 2.75) is 50.6 Å². The van der Waals surface area contributed by atoms with Crippen LogP contribution in [0.3, 0.4) is 0 Å². The Kier molecular flexibility index (Phi) is 12.5. The van der Waals surface area contributed by atoms with Gasteiger partial charge in [-0.25, -0.2) is 8.42 Å². The van der Waals surface area contributed by atoms with E-state index in [2.05, 4.69) is 5.32 Å². The van der Waals surface area contributed by atoms with Crippen LogP contribution in [0.25, 0.3) is 0 Å². The van der Waals surface area contributed by atoms with Crippen molar-refractivity contribution in [1.82, 2.24) is 10.2 Å². The van der Waals surface area contributed by atoms with Crippen LogP contribution < -0.4 is 9.62 Å². The molecule has 0 heterocycles. The third kappa shape index (κ3) is 9.04. The smallest absolute Gasteiger partial charge is 0.264 e. The molecule has 0 aliphatic carbocycles. The molecule has 2 amide bonds. The first-order valence-corrected chi connectivity index (χ1v) is 17.5. The monoisotopic (exact) mass is 699 g/mol. The number of benzene rings is 4. The maximum absolute atomic E-state index is 14.5. The summed E-state index contributed by atoms with van der Waals surface area (Å²) in [6.45, 7) is 3.64. The summed E-state index contributed by atoms with van der Waals surface area (Å²) in [5.41, 5.74) is 2.43. The van der Waals surface area contributed by atoms with Crippen molar-refractivity contribution in [3.8, 4) is 0 Å². The number of sulfonamides is 1. The first-order chi connectivity index (χ1) is 22.0. The number of hydrogen-bond donors (Lipinski definition) is 1. The van der Waals surface area contributed by atoms with E-state index in [1.54, 1.807) is 55.5 Å². The van der Waals surface area contributed by atoms with Crippen molar-refractivity contribution >= 4 is 62.3 Å². The molecular weight excluding hydrogens is 665 g/mol. The predicted octanol–water partition coefficient (Wildman–Crippen LogP) is 7.71. The first-order valence-electron chi connectivity index (χ1n) is 14.9. The van der Waals surface area contributed by atoms with Crippen LogP contribution in [0.2, 0.25) is 15.1 Å². The minimum Gasteiger partial charge on any atom is -0.354 e. The highest BCUT2D eigenvalue weighted by Crippen LogP contribution is 2.29. The van der Waals surface area contributed by atoms with E-state index in [-0.39, 0.29) is 29.5 Å². The molecule has 0 fully saturated rings. The summed E-state index contributed by atoms with van der Waals surface area (Å²) in [5, 5.41) is 3.96. The standard InChI is InChI=1S/C35H36Cl3N3O4S/c1-3-4-19-39-35(43)33(21-26-11-7-5-8-12-26)40(23-27-16-18-30(36)32(38)20-27)34(42)24-41(28-17-15-25(2)31(37)22-28)46(44,45)29-13-9-6-10-14-29/h5-18,20,22,33H,3-4,19,21,23-24H2,1-2H3,(H,39,43)/t33-/m1/s1. The summed E-state index contributed by atoms with van der Waals surface area (Å²) in [4.78, 5) is 29.8. The largest absolute Gasteiger partial charge is 0.354 e. The van der Waals surface area contributed by atoms with Gasteiger partial charge >= 0.3 is 0 Å². The Bertz CT molecular complexity index is 1760. The number of carbonyl (C=O) groups excluding carboxylic acids is 2. The zero-order valence-corrected chi connectivity index (χ0v) is 28.7. The maximum atomic E-state index is 14.5. The number of carbonyl (C=O) groups is 2. The lowest BCUT2D eigenvalue weighted by atomic mass is 10.0. The highest BCUT2D eigenvalue weighted by Gasteiger charge is 2.34. The number of halogens is 3. The highest BCUT2D eigenvalue weighted by molar-refractivity contribution is 7.92. The van der Waals surface area contributed by atoms with Crippen molar-refractivity contribution < 1.29 is 18.0 Å². The molecule has 0 aliphatic rings. The quantitative estimate of drug-likeness (QED) is 0.137. The van der Waals surface area contributed by atoms with E-state index in [9.17, 15) is 18.0 Å². The molecule has 11 heteroatoms. The van der Waals surface area contributed by atoms with Gasteiger partial charge in [0.1, 0.15) is 12.6 Å². The molecule has 0 spiro atoms. The zero-order chi connectivity index (χ0) is 33.3. The van der Waals surface area contributed by atoms with Gasteiger partial charge in [-0.3, -0.25) is 13.9 Å². The van der Waals surface area contributed by atoms with Gasteiger partial charge in [0.2, 0.25) is 11.8 Å². The van der Waals surface area contributed by atoms with Crippen LogP contribution in [0.1, 0.15) is 36.5 Å². The van der Waals surface area contributed by atoms with Crippen LogP contribution in [-0.2, 0) is 32.6 Å². The third-order valence-corrected chi connectivity index (χ3v) is 10.4. The SMILES string of the molecule is CCCCNC(=O)[C@@H](Cc1ccccc1)N(Cc1ccc(Cl)c(Cl)c1)C(=O)CN(c1ccc(C)c(Cl)c1)S(=O)(=O)c1ccccc1. The predicted molar refractivity (Wildman–Crippen MR) is 186 cm³/mol. The van der Waals surface area contributed by atoms with E-state index in [1.165, 1.54) is 23.1 Å². The van der Waals surface area contributed by atoms with Crippen LogP contribution >= 0.6 is 34.8 Å². The van der Waals surface area contributed by atoms with E-state index in [4.69, 9.17) is 34.8 Å². The van der Waals surface area contributed by atoms with Crippen molar-refractivity contribution in [3.05, 3.63) is 129 Å². The molecule has 0 radical (unpaired) electrons. The molecule has 0 saturated heterocycles. The minimum atomic E-state index is -4.23. The second-order valence-corrected chi connectivity index (χ2v) is 14.0. The summed E-state index contributed by atoms with van der Waals surface area (Å²) in [5.74, 6) is -0.935. The molecule has 46 heavy (non-hydrogen) atoms. The van der Waals surface area contributed by atoms with Gasteiger partial charge in [-0.05, 0) is 66.4 Å². The molecule has 242 valence electrons. The summed E-state index contributed by atoms with van der Waals surface area (Å²) < 4.78 is 29.2. The molecule has 4 aromatic rings. The molecule has 4 aromatic carbocycles. The fourth-order valence-electron chi connectivity index (χ4n) is 4.88. The fraction of sp³-hybridized carbons (Fsp3) is 0.257. The van der Waals surface area contributed by atoms with Crippen LogP contribution in [0, 0.1) is 6.92 Å². The normalized spacial score (nSPS) is 11.9. The first kappa shape index (κ1) is 35.3. The lowest BCUT2D eigenvalue weighted by Gasteiger charge is -2.34. The summed E-state index contributed by atoms with van der Waals surface area (Å²) in [7, 11) is -4.23. The van der Waals surface area contributed by atoms with Gasteiger partial charge < -0.3 is 10.2 Å². The van der Waals surface area contributed by atoms with Gasteiger partial charge in [0, 0.05) is 24.5 Å². The number of unbranched alkanes of at least 4 members (excludes halogenated alkanes) is 1. The minimum absolute atomic E-state index is 0.00803. The van der Waals surface area contributed by atoms with Crippen LogP contribution in [0.4, 0.5) is 5.69 Å². The van der Waals surface area contributed by atoms with E-state index < -0.39 is 28.5 Å². The van der Waals surface area contributed by atoms with Crippen molar-refractivity contribution in [2.24, 2.45) is 0 Å². The molecule has 0 saturated carbocycles. The Labute approximate surface area is 286 Å². The van der Waals surface area contributed by atoms with Gasteiger partial charge in [-0.2, -0.15) is 0 Å². The Morgan fingerprint density at radius 1 is 0.804 bits per heavy atom. The number of nitrogens with one attached hydrogen (secondary N) is 1. The number of rotatable bonds is 14. The number of amides is 2. The van der Waals surface area contributed by atoms with Gasteiger partial charge in [0.05, 0.1) is 20.6 Å². The van der Waals surface area contributed by atoms with Crippen molar-refractivity contribution in [3.63, 3.8) is 0 Å². The number of hydrogen-bond acceptors (Lipinski definition) is 4. The van der Waals surface area contributed by atoms with E-state index in [0.717, 1.165) is 28.3 Å². The average Bonchev–Trinajstić information content (AvgIpc) is 3.05. The molecular formula is C35H36Cl3N3O4S. The Balaban J connectivity index is 1.81. The summed E-state index contributed by atoms with van der Waals surface area (Å²) in [6.07, 6.45) is 1.84. The van der Waals surface area contributed by atoms with Gasteiger partial charge in [-0.15, -0.1) is 0 Å². The number of anilines is 1. The highest BCUT2D eigenvalue weighted by atomic mass is 35.5. The second kappa shape index (κ2) is 16.3. The molecule has 0 unspecified atom stereocenters. The van der Waals surface area contributed by atoms with E-state index >= 15 is 0 Å². The van der Waals surface area contributed by atoms with Crippen molar-refractivity contribution in [1.29, 1.82) is 0 Å². The van der Waals surface area contributed by atoms with Gasteiger partial charge in [-0.1, -0.05) is 109 Å². The van der Waals surface area contributed by atoms with Crippen LogP contribution in [0.5, 0.6) is 0 Å². The second-order valence-electron chi connectivity index (χ2n) is 10.9.